The molecule has 2 heterocycles. The van der Waals surface area contributed by atoms with Gasteiger partial charge in [-0.05, 0) is 70.9 Å². The van der Waals surface area contributed by atoms with Crippen LogP contribution < -0.4 is 21.1 Å². The molecule has 8 nitrogen and oxygen atoms in total. The summed E-state index contributed by atoms with van der Waals surface area (Å²) in [6.07, 6.45) is 13.4. The Bertz CT molecular complexity index is 1350. The number of nitrogens with two attached hydrogens (primary N) is 1. The molecule has 0 aromatic heterocycles. The predicted octanol–water partition coefficient (Wildman–Crippen LogP) is 4.05. The minimum Gasteiger partial charge on any atom is -0.457 e. The third-order valence-electron chi connectivity index (χ3n) is 6.70. The number of rotatable bonds is 7. The molecule has 0 radical (unpaired) electrons. The summed E-state index contributed by atoms with van der Waals surface area (Å²) in [7, 11) is 0. The van der Waals surface area contributed by atoms with Gasteiger partial charge in [0.25, 0.3) is 0 Å². The molecule has 0 saturated carbocycles. The lowest BCUT2D eigenvalue weighted by Gasteiger charge is -2.30. The average molecular weight is 534 g/mol. The van der Waals surface area contributed by atoms with Crippen LogP contribution in [0.15, 0.2) is 76.6 Å². The zero-order valence-corrected chi connectivity index (χ0v) is 23.0. The van der Waals surface area contributed by atoms with E-state index in [0.717, 1.165) is 17.7 Å². The number of fused-ring (bicyclic) bond motifs is 1. The molecule has 1 aliphatic carbocycles. The normalized spacial score (nSPS) is 21.3. The molecule has 2 amide bonds. The van der Waals surface area contributed by atoms with E-state index in [1.54, 1.807) is 31.3 Å². The average Bonchev–Trinajstić information content (AvgIpc) is 3.23. The lowest BCUT2D eigenvalue weighted by molar-refractivity contribution is -0.126. The van der Waals surface area contributed by atoms with Crippen molar-refractivity contribution in [1.29, 1.82) is 0 Å². The van der Waals surface area contributed by atoms with Gasteiger partial charge in [0.05, 0.1) is 23.7 Å². The molecule has 4 rings (SSSR count). The molecule has 1 aromatic carbocycles. The molecule has 3 aliphatic rings. The van der Waals surface area contributed by atoms with Gasteiger partial charge in [0.2, 0.25) is 11.8 Å². The smallest absolute Gasteiger partial charge is 0.228 e. The first-order valence-corrected chi connectivity index (χ1v) is 13.1. The van der Waals surface area contributed by atoms with E-state index in [2.05, 4.69) is 15.6 Å². The molecule has 0 bridgehead atoms. The Labute approximate surface area is 228 Å². The van der Waals surface area contributed by atoms with E-state index in [0.29, 0.717) is 29.2 Å². The van der Waals surface area contributed by atoms with E-state index >= 15 is 4.39 Å². The van der Waals surface area contributed by atoms with Gasteiger partial charge in [-0.1, -0.05) is 12.1 Å². The van der Waals surface area contributed by atoms with Crippen molar-refractivity contribution >= 4 is 18.0 Å². The number of hydrogen-bond donors (Lipinski definition) is 3. The van der Waals surface area contributed by atoms with E-state index < -0.39 is 11.7 Å². The molecule has 2 aliphatic heterocycles. The Balaban J connectivity index is 1.52. The first-order chi connectivity index (χ1) is 18.5. The van der Waals surface area contributed by atoms with Crippen LogP contribution in [0.5, 0.6) is 5.75 Å². The summed E-state index contributed by atoms with van der Waals surface area (Å²) in [5.41, 5.74) is 7.82. The maximum atomic E-state index is 15.3. The zero-order valence-electron chi connectivity index (χ0n) is 23.0. The number of benzene rings is 1. The summed E-state index contributed by atoms with van der Waals surface area (Å²) < 4.78 is 21.5. The van der Waals surface area contributed by atoms with E-state index in [9.17, 15) is 9.59 Å². The standard InChI is InChI=1S/C30H36FN5O3/c1-18-6-11-28(38)36(18)22-8-9-24-23(15-22)26(12-13-33-24)39-25-10-7-20(29(31)19(25)2)14-27(37)35-21(16-32)17-34-30(3,4)5/h7-10,12-13,15-18,24,33H,6,11,14,32H2,1-5H3,(H,35,37)/b21-16+,34-17?. The molecular weight excluding hydrogens is 497 g/mol. The third-order valence-corrected chi connectivity index (χ3v) is 6.70. The van der Waals surface area contributed by atoms with Gasteiger partial charge >= 0.3 is 0 Å². The fraction of sp³-hybridized carbons (Fsp3) is 0.367. The van der Waals surface area contributed by atoms with Gasteiger partial charge in [0.1, 0.15) is 17.3 Å². The van der Waals surface area contributed by atoms with Gasteiger partial charge < -0.3 is 26.0 Å². The Morgan fingerprint density at radius 3 is 2.77 bits per heavy atom. The molecule has 1 fully saturated rings. The van der Waals surface area contributed by atoms with E-state index in [1.165, 1.54) is 12.4 Å². The highest BCUT2D eigenvalue weighted by Crippen LogP contribution is 2.33. The zero-order chi connectivity index (χ0) is 28.3. The van der Waals surface area contributed by atoms with Crippen molar-refractivity contribution in [2.75, 3.05) is 0 Å². The topological polar surface area (TPSA) is 109 Å². The number of carbonyl (C=O) groups excluding carboxylic acids is 2. The van der Waals surface area contributed by atoms with E-state index in [-0.39, 0.29) is 35.5 Å². The van der Waals surface area contributed by atoms with Crippen LogP contribution in [0.2, 0.25) is 0 Å². The second kappa shape index (κ2) is 11.3. The monoisotopic (exact) mass is 533 g/mol. The largest absolute Gasteiger partial charge is 0.457 e. The van der Waals surface area contributed by atoms with Crippen LogP contribution in [0.3, 0.4) is 0 Å². The highest BCUT2D eigenvalue weighted by molar-refractivity contribution is 5.89. The number of likely N-dealkylation sites (tertiary alicyclic amines) is 1. The molecule has 206 valence electrons. The van der Waals surface area contributed by atoms with Crippen LogP contribution in [-0.2, 0) is 16.0 Å². The van der Waals surface area contributed by atoms with Crippen LogP contribution in [0.4, 0.5) is 4.39 Å². The maximum Gasteiger partial charge on any atom is 0.228 e. The summed E-state index contributed by atoms with van der Waals surface area (Å²) in [6, 6.07) is 3.22. The number of halogens is 1. The number of nitrogens with one attached hydrogen (secondary N) is 2. The lowest BCUT2D eigenvalue weighted by Crippen LogP contribution is -2.34. The van der Waals surface area contributed by atoms with E-state index in [1.807, 2.05) is 50.8 Å². The second-order valence-corrected chi connectivity index (χ2v) is 10.9. The summed E-state index contributed by atoms with van der Waals surface area (Å²) >= 11 is 0. The van der Waals surface area contributed by atoms with Gasteiger partial charge in [0, 0.05) is 47.9 Å². The van der Waals surface area contributed by atoms with Crippen LogP contribution in [-0.4, -0.2) is 40.6 Å². The summed E-state index contributed by atoms with van der Waals surface area (Å²) in [6.45, 7) is 9.43. The molecule has 2 unspecified atom stereocenters. The van der Waals surface area contributed by atoms with Crippen molar-refractivity contribution < 1.29 is 18.7 Å². The highest BCUT2D eigenvalue weighted by atomic mass is 19.1. The Morgan fingerprint density at radius 2 is 2.10 bits per heavy atom. The number of amides is 2. The molecule has 4 N–H and O–H groups in total. The first-order valence-electron chi connectivity index (χ1n) is 13.1. The Morgan fingerprint density at radius 1 is 1.33 bits per heavy atom. The maximum absolute atomic E-state index is 15.3. The van der Waals surface area contributed by atoms with Crippen molar-refractivity contribution in [3.8, 4) is 5.75 Å². The van der Waals surface area contributed by atoms with E-state index in [4.69, 9.17) is 10.5 Å². The van der Waals surface area contributed by atoms with Gasteiger partial charge in [-0.25, -0.2) is 4.39 Å². The number of allylic oxidation sites excluding steroid dienone is 3. The van der Waals surface area contributed by atoms with Crippen molar-refractivity contribution in [1.82, 2.24) is 15.5 Å². The first kappa shape index (κ1) is 27.9. The van der Waals surface area contributed by atoms with Gasteiger partial charge in [0.15, 0.2) is 0 Å². The Kier molecular flexibility index (Phi) is 8.09. The fourth-order valence-electron chi connectivity index (χ4n) is 4.61. The van der Waals surface area contributed by atoms with Crippen molar-refractivity contribution in [2.45, 2.75) is 71.5 Å². The number of nitrogens with zero attached hydrogens (tertiary/aromatic N) is 2. The molecule has 39 heavy (non-hydrogen) atoms. The number of carbonyl (C=O) groups is 2. The summed E-state index contributed by atoms with van der Waals surface area (Å²) in [5, 5.41) is 5.93. The minimum absolute atomic E-state index is 0.104. The number of hydrogen-bond acceptors (Lipinski definition) is 6. The molecule has 9 heteroatoms. The van der Waals surface area contributed by atoms with Crippen LogP contribution in [0, 0.1) is 12.7 Å². The predicted molar refractivity (Wildman–Crippen MR) is 150 cm³/mol. The Hall–Kier alpha value is -4.14. The molecule has 0 spiro atoms. The summed E-state index contributed by atoms with van der Waals surface area (Å²) in [4.78, 5) is 31.2. The highest BCUT2D eigenvalue weighted by Gasteiger charge is 2.32. The molecular formula is C30H36FN5O3. The quantitative estimate of drug-likeness (QED) is 0.459. The minimum atomic E-state index is -0.513. The van der Waals surface area contributed by atoms with Crippen molar-refractivity contribution in [2.24, 2.45) is 10.7 Å². The van der Waals surface area contributed by atoms with Crippen molar-refractivity contribution in [3.63, 3.8) is 0 Å². The van der Waals surface area contributed by atoms with Gasteiger partial charge in [-0.3, -0.25) is 14.6 Å². The summed E-state index contributed by atoms with van der Waals surface area (Å²) in [5.74, 6) is 0.0848. The van der Waals surface area contributed by atoms with Crippen LogP contribution in [0.1, 0.15) is 51.7 Å². The van der Waals surface area contributed by atoms with Gasteiger partial charge in [-0.2, -0.15) is 0 Å². The number of aliphatic imine (C=N–C) groups is 1. The van der Waals surface area contributed by atoms with Crippen molar-refractivity contribution in [3.05, 3.63) is 88.5 Å². The van der Waals surface area contributed by atoms with Crippen LogP contribution in [0.25, 0.3) is 0 Å². The van der Waals surface area contributed by atoms with Crippen LogP contribution >= 0.6 is 0 Å². The number of dihydropyridines is 1. The SMILES string of the molecule is Cc1c(OC2=C3C=C(N4C(=O)CCC4C)C=CC3NC=C2)ccc(CC(=O)N/C(C=NC(C)(C)C)=C/N)c1F. The molecule has 1 saturated heterocycles. The van der Waals surface area contributed by atoms with Gasteiger partial charge in [-0.15, -0.1) is 0 Å². The molecule has 2 atom stereocenters. The number of ether oxygens (including phenoxy) is 1. The molecule has 1 aromatic rings. The lowest BCUT2D eigenvalue weighted by atomic mass is 9.96. The fourth-order valence-corrected chi connectivity index (χ4v) is 4.61. The second-order valence-electron chi connectivity index (χ2n) is 10.9. The third kappa shape index (κ3) is 6.47.